The average molecular weight is 269 g/mol. The fourth-order valence-corrected chi connectivity index (χ4v) is 2.24. The molecule has 106 valence electrons. The van der Waals surface area contributed by atoms with Gasteiger partial charge in [0.2, 0.25) is 0 Å². The van der Waals surface area contributed by atoms with Gasteiger partial charge in [-0.15, -0.1) is 0 Å². The third-order valence-electron chi connectivity index (χ3n) is 3.22. The molecule has 4 N–H and O–H groups in total. The van der Waals surface area contributed by atoms with Crippen LogP contribution >= 0.6 is 0 Å². The van der Waals surface area contributed by atoms with Crippen LogP contribution in [0.1, 0.15) is 19.4 Å². The summed E-state index contributed by atoms with van der Waals surface area (Å²) in [6.45, 7) is 6.63. The lowest BCUT2D eigenvalue weighted by Crippen LogP contribution is -2.01. The van der Waals surface area contributed by atoms with Gasteiger partial charge in [-0.3, -0.25) is 0 Å². The van der Waals surface area contributed by atoms with E-state index in [0.717, 1.165) is 30.0 Å². The molecule has 0 radical (unpaired) electrons. The molecule has 3 nitrogen and oxygen atoms in total. The smallest absolute Gasteiger partial charge is 0.0367 e. The molecular weight excluding hydrogens is 246 g/mol. The van der Waals surface area contributed by atoms with Crippen molar-refractivity contribution in [1.82, 2.24) is 0 Å². The van der Waals surface area contributed by atoms with E-state index in [-0.39, 0.29) is 0 Å². The molecule has 0 saturated heterocycles. The normalized spacial score (nSPS) is 10.3. The van der Waals surface area contributed by atoms with Crippen molar-refractivity contribution in [3.63, 3.8) is 0 Å². The Kier molecular flexibility index (Phi) is 5.02. The molecule has 0 fully saturated rings. The molecule has 0 unspecified atom stereocenters. The predicted octanol–water partition coefficient (Wildman–Crippen LogP) is 3.68. The number of anilines is 2. The van der Waals surface area contributed by atoms with Gasteiger partial charge in [-0.05, 0) is 48.7 Å². The van der Waals surface area contributed by atoms with Crippen molar-refractivity contribution in [3.8, 4) is 11.1 Å². The summed E-state index contributed by atoms with van der Waals surface area (Å²) in [5, 5.41) is 6.76. The molecule has 0 heterocycles. The zero-order valence-electron chi connectivity index (χ0n) is 12.2. The maximum atomic E-state index is 5.65. The fraction of sp³-hybridized carbons (Fsp3) is 0.294. The van der Waals surface area contributed by atoms with Crippen LogP contribution in [0.5, 0.6) is 0 Å². The first kappa shape index (κ1) is 14.4. The Labute approximate surface area is 121 Å². The number of rotatable bonds is 6. The Balaban J connectivity index is 2.37. The molecular formula is C17H23N3. The summed E-state index contributed by atoms with van der Waals surface area (Å²) < 4.78 is 0. The predicted molar refractivity (Wildman–Crippen MR) is 88.1 cm³/mol. The zero-order valence-corrected chi connectivity index (χ0v) is 12.2. The molecule has 2 aromatic carbocycles. The van der Waals surface area contributed by atoms with E-state index in [0.29, 0.717) is 6.54 Å². The molecule has 0 aliphatic carbocycles. The lowest BCUT2D eigenvalue weighted by Gasteiger charge is -2.12. The number of hydrogen-bond acceptors (Lipinski definition) is 3. The molecule has 0 spiro atoms. The summed E-state index contributed by atoms with van der Waals surface area (Å²) in [5.74, 6) is 0. The molecule has 2 rings (SSSR count). The molecule has 0 saturated carbocycles. The number of hydrogen-bond donors (Lipinski definition) is 3. The molecule has 0 atom stereocenters. The second-order valence-electron chi connectivity index (χ2n) is 4.76. The minimum atomic E-state index is 0.584. The standard InChI is InChI=1S/C17H23N3/c1-3-19-16-9-15(10-17(11-16)20-4-2)14-7-5-13(12-18)6-8-14/h5-11,19-20H,3-4,12,18H2,1-2H3. The molecule has 20 heavy (non-hydrogen) atoms. The van der Waals surface area contributed by atoms with E-state index in [1.165, 1.54) is 11.1 Å². The Morgan fingerprint density at radius 2 is 1.35 bits per heavy atom. The van der Waals surface area contributed by atoms with Gasteiger partial charge in [-0.25, -0.2) is 0 Å². The Morgan fingerprint density at radius 3 is 1.80 bits per heavy atom. The minimum absolute atomic E-state index is 0.584. The van der Waals surface area contributed by atoms with Crippen molar-refractivity contribution >= 4 is 11.4 Å². The highest BCUT2D eigenvalue weighted by Gasteiger charge is 2.03. The van der Waals surface area contributed by atoms with Gasteiger partial charge in [0.15, 0.2) is 0 Å². The van der Waals surface area contributed by atoms with Crippen LogP contribution in [0.4, 0.5) is 11.4 Å². The van der Waals surface area contributed by atoms with Gasteiger partial charge in [0.25, 0.3) is 0 Å². The van der Waals surface area contributed by atoms with Crippen LogP contribution in [0.3, 0.4) is 0 Å². The van der Waals surface area contributed by atoms with Gasteiger partial charge in [0, 0.05) is 31.0 Å². The van der Waals surface area contributed by atoms with E-state index < -0.39 is 0 Å². The van der Waals surface area contributed by atoms with Crippen molar-refractivity contribution in [2.45, 2.75) is 20.4 Å². The largest absolute Gasteiger partial charge is 0.385 e. The van der Waals surface area contributed by atoms with Crippen LogP contribution in [0.2, 0.25) is 0 Å². The number of benzene rings is 2. The van der Waals surface area contributed by atoms with E-state index in [9.17, 15) is 0 Å². The summed E-state index contributed by atoms with van der Waals surface area (Å²) >= 11 is 0. The monoisotopic (exact) mass is 269 g/mol. The Bertz CT molecular complexity index is 522. The summed E-state index contributed by atoms with van der Waals surface area (Å²) in [5.41, 5.74) is 11.5. The highest BCUT2D eigenvalue weighted by atomic mass is 14.9. The SMILES string of the molecule is CCNc1cc(NCC)cc(-c2ccc(CN)cc2)c1. The lowest BCUT2D eigenvalue weighted by atomic mass is 10.0. The highest BCUT2D eigenvalue weighted by molar-refractivity contribution is 5.74. The van der Waals surface area contributed by atoms with Crippen molar-refractivity contribution in [2.75, 3.05) is 23.7 Å². The maximum absolute atomic E-state index is 5.65. The molecule has 0 aliphatic heterocycles. The minimum Gasteiger partial charge on any atom is -0.385 e. The summed E-state index contributed by atoms with van der Waals surface area (Å²) in [6, 6.07) is 14.9. The highest BCUT2D eigenvalue weighted by Crippen LogP contribution is 2.27. The van der Waals surface area contributed by atoms with Crippen LogP contribution < -0.4 is 16.4 Å². The first-order chi connectivity index (χ1) is 9.76. The van der Waals surface area contributed by atoms with E-state index in [1.807, 2.05) is 0 Å². The first-order valence-electron chi connectivity index (χ1n) is 7.19. The Hall–Kier alpha value is -2.00. The Morgan fingerprint density at radius 1 is 0.800 bits per heavy atom. The molecule has 0 aromatic heterocycles. The third-order valence-corrected chi connectivity index (χ3v) is 3.22. The summed E-state index contributed by atoms with van der Waals surface area (Å²) in [4.78, 5) is 0. The van der Waals surface area contributed by atoms with Gasteiger partial charge < -0.3 is 16.4 Å². The molecule has 2 aromatic rings. The second-order valence-corrected chi connectivity index (χ2v) is 4.76. The number of nitrogens with one attached hydrogen (secondary N) is 2. The van der Waals surface area contributed by atoms with Crippen molar-refractivity contribution < 1.29 is 0 Å². The second kappa shape index (κ2) is 6.96. The fourth-order valence-electron chi connectivity index (χ4n) is 2.24. The van der Waals surface area contributed by atoms with E-state index >= 15 is 0 Å². The van der Waals surface area contributed by atoms with Crippen LogP contribution in [0.15, 0.2) is 42.5 Å². The molecule has 0 amide bonds. The summed E-state index contributed by atoms with van der Waals surface area (Å²) in [6.07, 6.45) is 0. The third kappa shape index (κ3) is 3.52. The lowest BCUT2D eigenvalue weighted by molar-refractivity contribution is 1.07. The van der Waals surface area contributed by atoms with E-state index in [2.05, 4.69) is 66.9 Å². The van der Waals surface area contributed by atoms with Crippen molar-refractivity contribution in [3.05, 3.63) is 48.0 Å². The van der Waals surface area contributed by atoms with Crippen LogP contribution in [0.25, 0.3) is 11.1 Å². The van der Waals surface area contributed by atoms with Gasteiger partial charge in [0.1, 0.15) is 0 Å². The average Bonchev–Trinajstić information content (AvgIpc) is 2.48. The number of nitrogens with two attached hydrogens (primary N) is 1. The van der Waals surface area contributed by atoms with Crippen molar-refractivity contribution in [1.29, 1.82) is 0 Å². The first-order valence-corrected chi connectivity index (χ1v) is 7.19. The molecule has 0 bridgehead atoms. The molecule has 0 aliphatic rings. The van der Waals surface area contributed by atoms with Gasteiger partial charge >= 0.3 is 0 Å². The van der Waals surface area contributed by atoms with Gasteiger partial charge in [-0.1, -0.05) is 24.3 Å². The summed E-state index contributed by atoms with van der Waals surface area (Å²) in [7, 11) is 0. The quantitative estimate of drug-likeness (QED) is 0.750. The van der Waals surface area contributed by atoms with Crippen molar-refractivity contribution in [2.24, 2.45) is 5.73 Å². The zero-order chi connectivity index (χ0) is 14.4. The maximum Gasteiger partial charge on any atom is 0.0367 e. The van der Waals surface area contributed by atoms with Crippen LogP contribution in [0, 0.1) is 0 Å². The van der Waals surface area contributed by atoms with Crippen LogP contribution in [-0.2, 0) is 6.54 Å². The van der Waals surface area contributed by atoms with E-state index in [1.54, 1.807) is 0 Å². The van der Waals surface area contributed by atoms with Gasteiger partial charge in [0.05, 0.1) is 0 Å². The van der Waals surface area contributed by atoms with Gasteiger partial charge in [-0.2, -0.15) is 0 Å². The van der Waals surface area contributed by atoms with Crippen LogP contribution in [-0.4, -0.2) is 13.1 Å². The molecule has 3 heteroatoms. The van der Waals surface area contributed by atoms with E-state index in [4.69, 9.17) is 5.73 Å². The topological polar surface area (TPSA) is 50.1 Å².